The molecule has 0 radical (unpaired) electrons. The van der Waals surface area contributed by atoms with Crippen LogP contribution in [0.25, 0.3) is 5.69 Å². The van der Waals surface area contributed by atoms with Gasteiger partial charge in [-0.1, -0.05) is 0 Å². The summed E-state index contributed by atoms with van der Waals surface area (Å²) >= 11 is 0. The van der Waals surface area contributed by atoms with Crippen LogP contribution in [-0.2, 0) is 0 Å². The summed E-state index contributed by atoms with van der Waals surface area (Å²) in [5, 5.41) is 14.4. The highest BCUT2D eigenvalue weighted by atomic mass is 19.1. The number of nitrogens with zero attached hydrogens (tertiary/aromatic N) is 4. The van der Waals surface area contributed by atoms with Gasteiger partial charge in [-0.3, -0.25) is 4.79 Å². The van der Waals surface area contributed by atoms with E-state index in [-0.39, 0.29) is 17.8 Å². The van der Waals surface area contributed by atoms with E-state index in [4.69, 9.17) is 0 Å². The normalized spacial score (nSPS) is 20.8. The van der Waals surface area contributed by atoms with Crippen molar-refractivity contribution in [3.05, 3.63) is 47.5 Å². The van der Waals surface area contributed by atoms with Crippen LogP contribution in [0.3, 0.4) is 0 Å². The summed E-state index contributed by atoms with van der Waals surface area (Å²) in [6.45, 7) is 2.61. The average molecular weight is 332 g/mol. The number of likely N-dealkylation sites (N-methyl/N-ethyl adjacent to an activating group) is 1. The molecule has 7 heteroatoms. The second-order valence-corrected chi connectivity index (χ2v) is 6.37. The number of carbonyl (C=O) groups excluding carboxylic acids is 1. The Balaban J connectivity index is 1.82. The number of aliphatic hydroxyl groups excluding tert-OH is 1. The molecule has 0 spiro atoms. The van der Waals surface area contributed by atoms with Crippen LogP contribution in [0.1, 0.15) is 16.2 Å². The second kappa shape index (κ2) is 6.33. The molecule has 1 aliphatic heterocycles. The first-order valence-electron chi connectivity index (χ1n) is 7.83. The lowest BCUT2D eigenvalue weighted by Gasteiger charge is -2.21. The van der Waals surface area contributed by atoms with E-state index in [1.807, 2.05) is 25.9 Å². The van der Waals surface area contributed by atoms with Gasteiger partial charge in [0.15, 0.2) is 5.69 Å². The van der Waals surface area contributed by atoms with Crippen LogP contribution in [-0.4, -0.2) is 69.9 Å². The van der Waals surface area contributed by atoms with E-state index in [1.54, 1.807) is 27.8 Å². The fraction of sp³-hybridized carbons (Fsp3) is 0.412. The van der Waals surface area contributed by atoms with Crippen molar-refractivity contribution in [3.8, 4) is 5.69 Å². The highest BCUT2D eigenvalue weighted by Gasteiger charge is 2.36. The van der Waals surface area contributed by atoms with E-state index in [9.17, 15) is 14.3 Å². The summed E-state index contributed by atoms with van der Waals surface area (Å²) in [5.41, 5.74) is 1.80. The molecule has 24 heavy (non-hydrogen) atoms. The van der Waals surface area contributed by atoms with Crippen molar-refractivity contribution in [1.82, 2.24) is 19.6 Å². The molecular formula is C17H21FN4O2. The third-order valence-electron chi connectivity index (χ3n) is 4.39. The van der Waals surface area contributed by atoms with Gasteiger partial charge in [0, 0.05) is 18.8 Å². The number of amides is 1. The van der Waals surface area contributed by atoms with Gasteiger partial charge in [-0.15, -0.1) is 0 Å². The first-order valence-corrected chi connectivity index (χ1v) is 7.83. The van der Waals surface area contributed by atoms with Crippen LogP contribution in [0.15, 0.2) is 30.3 Å². The predicted octanol–water partition coefficient (Wildman–Crippen LogP) is 1.07. The van der Waals surface area contributed by atoms with Crippen molar-refractivity contribution in [1.29, 1.82) is 0 Å². The minimum absolute atomic E-state index is 0.0748. The van der Waals surface area contributed by atoms with Crippen LogP contribution in [0.4, 0.5) is 4.39 Å². The molecule has 0 saturated carbocycles. The van der Waals surface area contributed by atoms with Crippen LogP contribution in [0, 0.1) is 12.7 Å². The van der Waals surface area contributed by atoms with Gasteiger partial charge in [0.2, 0.25) is 0 Å². The number of halogens is 1. The molecule has 1 amide bonds. The van der Waals surface area contributed by atoms with E-state index in [0.29, 0.717) is 24.5 Å². The Kier molecular flexibility index (Phi) is 4.38. The number of likely N-dealkylation sites (tertiary alicyclic amines) is 1. The Labute approximate surface area is 140 Å². The first kappa shape index (κ1) is 16.6. The van der Waals surface area contributed by atoms with Crippen LogP contribution in [0.2, 0.25) is 0 Å². The standard InChI is InChI=1S/C17H21FN4O2/c1-11-8-14(19-22(11)13-6-4-12(18)5-7-13)17(24)21-9-15(20(2)3)16(23)10-21/h4-8,15-16,23H,9-10H2,1-3H3/t15-,16-/m0/s1. The summed E-state index contributed by atoms with van der Waals surface area (Å²) in [4.78, 5) is 16.2. The molecule has 1 fully saturated rings. The van der Waals surface area contributed by atoms with Crippen LogP contribution in [0.5, 0.6) is 0 Å². The monoisotopic (exact) mass is 332 g/mol. The van der Waals surface area contributed by atoms with Gasteiger partial charge in [0.25, 0.3) is 5.91 Å². The number of hydrogen-bond acceptors (Lipinski definition) is 4. The average Bonchev–Trinajstić information content (AvgIpc) is 3.11. The van der Waals surface area contributed by atoms with Gasteiger partial charge < -0.3 is 14.9 Å². The Morgan fingerprint density at radius 3 is 2.54 bits per heavy atom. The van der Waals surface area contributed by atoms with E-state index in [0.717, 1.165) is 5.69 Å². The molecule has 6 nitrogen and oxygen atoms in total. The Morgan fingerprint density at radius 1 is 1.29 bits per heavy atom. The Morgan fingerprint density at radius 2 is 1.96 bits per heavy atom. The molecule has 1 aromatic carbocycles. The molecule has 0 bridgehead atoms. The molecule has 2 aromatic rings. The van der Waals surface area contributed by atoms with Crippen LogP contribution < -0.4 is 0 Å². The number of aryl methyl sites for hydroxylation is 1. The van der Waals surface area contributed by atoms with Crippen molar-refractivity contribution < 1.29 is 14.3 Å². The fourth-order valence-corrected chi connectivity index (χ4v) is 3.03. The van der Waals surface area contributed by atoms with Gasteiger partial charge in [0.05, 0.1) is 17.8 Å². The third-order valence-corrected chi connectivity index (χ3v) is 4.39. The minimum Gasteiger partial charge on any atom is -0.390 e. The predicted molar refractivity (Wildman–Crippen MR) is 87.6 cm³/mol. The lowest BCUT2D eigenvalue weighted by atomic mass is 10.2. The lowest BCUT2D eigenvalue weighted by Crippen LogP contribution is -2.38. The molecule has 1 N–H and O–H groups in total. The third kappa shape index (κ3) is 3.05. The zero-order chi connectivity index (χ0) is 17.4. The summed E-state index contributed by atoms with van der Waals surface area (Å²) in [6.07, 6.45) is -0.566. The molecule has 2 heterocycles. The van der Waals surface area contributed by atoms with Crippen LogP contribution >= 0.6 is 0 Å². The molecule has 2 atom stereocenters. The molecule has 0 aliphatic carbocycles. The maximum atomic E-state index is 13.1. The van der Waals surface area contributed by atoms with E-state index in [2.05, 4.69) is 5.10 Å². The second-order valence-electron chi connectivity index (χ2n) is 6.37. The van der Waals surface area contributed by atoms with Crippen molar-refractivity contribution >= 4 is 5.91 Å². The summed E-state index contributed by atoms with van der Waals surface area (Å²) in [7, 11) is 3.77. The minimum atomic E-state index is -0.566. The van der Waals surface area contributed by atoms with E-state index < -0.39 is 6.10 Å². The first-order chi connectivity index (χ1) is 11.4. The molecule has 3 rings (SSSR count). The molecular weight excluding hydrogens is 311 g/mol. The molecule has 0 unspecified atom stereocenters. The van der Waals surface area contributed by atoms with E-state index in [1.165, 1.54) is 12.1 Å². The lowest BCUT2D eigenvalue weighted by molar-refractivity contribution is 0.0758. The Hall–Kier alpha value is -2.25. The van der Waals surface area contributed by atoms with Gasteiger partial charge in [0.1, 0.15) is 5.82 Å². The topological polar surface area (TPSA) is 61.6 Å². The highest BCUT2D eigenvalue weighted by Crippen LogP contribution is 2.19. The largest absolute Gasteiger partial charge is 0.390 e. The van der Waals surface area contributed by atoms with E-state index >= 15 is 0 Å². The van der Waals surface area contributed by atoms with Crippen molar-refractivity contribution in [2.24, 2.45) is 0 Å². The fourth-order valence-electron chi connectivity index (χ4n) is 3.03. The number of rotatable bonds is 3. The number of β-amino-alcohol motifs (C(OH)–C–C–N with tert-alkyl or cyclic N) is 1. The number of carbonyl (C=O) groups is 1. The van der Waals surface area contributed by atoms with Crippen molar-refractivity contribution in [3.63, 3.8) is 0 Å². The molecule has 1 aromatic heterocycles. The summed E-state index contributed by atoms with van der Waals surface area (Å²) < 4.78 is 14.7. The smallest absolute Gasteiger partial charge is 0.274 e. The van der Waals surface area contributed by atoms with Crippen molar-refractivity contribution in [2.45, 2.75) is 19.1 Å². The highest BCUT2D eigenvalue weighted by molar-refractivity contribution is 5.92. The van der Waals surface area contributed by atoms with Gasteiger partial charge in [-0.2, -0.15) is 5.10 Å². The van der Waals surface area contributed by atoms with Crippen molar-refractivity contribution in [2.75, 3.05) is 27.2 Å². The van der Waals surface area contributed by atoms with Gasteiger partial charge in [-0.25, -0.2) is 9.07 Å². The number of benzene rings is 1. The zero-order valence-corrected chi connectivity index (χ0v) is 14.0. The van der Waals surface area contributed by atoms with Gasteiger partial charge >= 0.3 is 0 Å². The quantitative estimate of drug-likeness (QED) is 0.913. The summed E-state index contributed by atoms with van der Waals surface area (Å²) in [6, 6.07) is 7.58. The maximum Gasteiger partial charge on any atom is 0.274 e. The Bertz CT molecular complexity index is 742. The number of hydrogen-bond donors (Lipinski definition) is 1. The molecule has 1 saturated heterocycles. The maximum absolute atomic E-state index is 13.1. The number of aliphatic hydroxyl groups is 1. The van der Waals surface area contributed by atoms with Gasteiger partial charge in [-0.05, 0) is 51.4 Å². The number of aromatic nitrogens is 2. The zero-order valence-electron chi connectivity index (χ0n) is 14.0. The SMILES string of the molecule is Cc1cc(C(=O)N2C[C@H](O)[C@@H](N(C)C)C2)nn1-c1ccc(F)cc1. The molecule has 128 valence electrons. The molecule has 1 aliphatic rings. The summed E-state index contributed by atoms with van der Waals surface area (Å²) in [5.74, 6) is -0.525.